The van der Waals surface area contributed by atoms with E-state index in [1.165, 1.54) is 32.1 Å². The van der Waals surface area contributed by atoms with E-state index in [0.29, 0.717) is 51.8 Å². The fourth-order valence-electron chi connectivity index (χ4n) is 8.39. The number of allylic oxidation sites excluding steroid dienone is 1. The van der Waals surface area contributed by atoms with Gasteiger partial charge in [-0.3, -0.25) is 0 Å². The van der Waals surface area contributed by atoms with E-state index in [1.807, 2.05) is 0 Å². The van der Waals surface area contributed by atoms with Crippen molar-refractivity contribution in [1.82, 2.24) is 0 Å². The van der Waals surface area contributed by atoms with E-state index in [-0.39, 0.29) is 0 Å². The Morgan fingerprint density at radius 1 is 0.963 bits per heavy atom. The predicted molar refractivity (Wildman–Crippen MR) is 115 cm³/mol. The highest BCUT2D eigenvalue weighted by molar-refractivity contribution is 6.77. The molecule has 4 aliphatic rings. The lowest BCUT2D eigenvalue weighted by atomic mass is 9.48. The summed E-state index contributed by atoms with van der Waals surface area (Å²) in [5, 5.41) is 11.4. The summed E-state index contributed by atoms with van der Waals surface area (Å²) in [6.07, 6.45) is 11.5. The molecule has 3 heteroatoms. The van der Waals surface area contributed by atoms with Gasteiger partial charge in [-0.25, -0.2) is 0 Å². The quantitative estimate of drug-likeness (QED) is 0.440. The van der Waals surface area contributed by atoms with Crippen LogP contribution in [-0.4, -0.2) is 25.1 Å². The van der Waals surface area contributed by atoms with Crippen molar-refractivity contribution in [2.45, 2.75) is 109 Å². The summed E-state index contributed by atoms with van der Waals surface area (Å²) in [7, 11) is -1.91. The SMILES string of the molecule is CC(C)[Si](O[C@H]1[C@H]2CCC[C@@H]1[C@@H]1C3(CC3)[C@H]2C=C[C@]1(C)O)(C(C)C)C(C)C. The highest BCUT2D eigenvalue weighted by Gasteiger charge is 2.70. The van der Waals surface area contributed by atoms with Gasteiger partial charge in [0.05, 0.1) is 11.7 Å². The summed E-state index contributed by atoms with van der Waals surface area (Å²) < 4.78 is 7.48. The molecule has 4 aliphatic carbocycles. The molecule has 0 aromatic heterocycles. The van der Waals surface area contributed by atoms with E-state index in [2.05, 4.69) is 60.6 Å². The summed E-state index contributed by atoms with van der Waals surface area (Å²) in [5.74, 6) is 2.27. The topological polar surface area (TPSA) is 29.5 Å². The zero-order valence-corrected chi connectivity index (χ0v) is 19.7. The Balaban J connectivity index is 1.75. The summed E-state index contributed by atoms with van der Waals surface area (Å²) in [6.45, 7) is 16.5. The van der Waals surface area contributed by atoms with Gasteiger partial charge in [-0.15, -0.1) is 0 Å². The number of aliphatic hydroxyl groups is 1. The predicted octanol–water partition coefficient (Wildman–Crippen LogP) is 6.31. The lowest BCUT2D eigenvalue weighted by Gasteiger charge is -2.62. The molecule has 1 N–H and O–H groups in total. The van der Waals surface area contributed by atoms with E-state index in [9.17, 15) is 5.11 Å². The molecule has 3 saturated carbocycles. The van der Waals surface area contributed by atoms with Gasteiger partial charge in [0.2, 0.25) is 8.32 Å². The highest BCUT2D eigenvalue weighted by atomic mass is 28.4. The minimum Gasteiger partial charge on any atom is -0.413 e. The Labute approximate surface area is 168 Å². The van der Waals surface area contributed by atoms with Crippen LogP contribution in [0.5, 0.6) is 0 Å². The monoisotopic (exact) mass is 390 g/mol. The van der Waals surface area contributed by atoms with Gasteiger partial charge in [-0.1, -0.05) is 60.1 Å². The van der Waals surface area contributed by atoms with Gasteiger partial charge >= 0.3 is 0 Å². The van der Waals surface area contributed by atoms with E-state index in [1.54, 1.807) is 0 Å². The summed E-state index contributed by atoms with van der Waals surface area (Å²) >= 11 is 0. The third-order valence-corrected chi connectivity index (χ3v) is 15.3. The van der Waals surface area contributed by atoms with Crippen LogP contribution >= 0.6 is 0 Å². The smallest absolute Gasteiger partial charge is 0.200 e. The molecule has 0 radical (unpaired) electrons. The second-order valence-corrected chi connectivity index (χ2v) is 16.9. The van der Waals surface area contributed by atoms with Crippen molar-refractivity contribution in [3.05, 3.63) is 12.2 Å². The fourth-order valence-corrected chi connectivity index (χ4v) is 14.0. The molecule has 1 spiro atoms. The van der Waals surface area contributed by atoms with E-state index in [4.69, 9.17) is 4.43 Å². The lowest BCUT2D eigenvalue weighted by Crippen LogP contribution is -2.64. The Morgan fingerprint density at radius 2 is 1.52 bits per heavy atom. The van der Waals surface area contributed by atoms with Crippen LogP contribution < -0.4 is 0 Å². The van der Waals surface area contributed by atoms with Crippen LogP contribution in [0.1, 0.15) is 80.6 Å². The average molecular weight is 391 g/mol. The Hall–Kier alpha value is -0.123. The maximum Gasteiger partial charge on any atom is 0.200 e. The second-order valence-electron chi connectivity index (χ2n) is 11.5. The van der Waals surface area contributed by atoms with E-state index < -0.39 is 13.9 Å². The molecular formula is C24H42O2Si. The molecule has 154 valence electrons. The summed E-state index contributed by atoms with van der Waals surface area (Å²) in [5.41, 5.74) is 1.63. The first-order valence-electron chi connectivity index (χ1n) is 11.7. The molecule has 0 aromatic carbocycles. The minimum atomic E-state index is -1.91. The van der Waals surface area contributed by atoms with Crippen LogP contribution in [0, 0.1) is 29.1 Å². The third kappa shape index (κ3) is 2.70. The van der Waals surface area contributed by atoms with Gasteiger partial charge in [0.15, 0.2) is 0 Å². The first-order chi connectivity index (χ1) is 12.6. The molecular weight excluding hydrogens is 348 g/mol. The number of hydrogen-bond donors (Lipinski definition) is 1. The van der Waals surface area contributed by atoms with Crippen LogP contribution in [0.3, 0.4) is 0 Å². The highest BCUT2D eigenvalue weighted by Crippen LogP contribution is 2.72. The van der Waals surface area contributed by atoms with Crippen molar-refractivity contribution >= 4 is 8.32 Å². The van der Waals surface area contributed by atoms with Crippen LogP contribution in [0.2, 0.25) is 16.6 Å². The van der Waals surface area contributed by atoms with Gasteiger partial charge < -0.3 is 9.53 Å². The van der Waals surface area contributed by atoms with Gasteiger partial charge in [0, 0.05) is 5.92 Å². The van der Waals surface area contributed by atoms with Gasteiger partial charge in [0.1, 0.15) is 0 Å². The normalized spacial score (nSPS) is 42.4. The maximum absolute atomic E-state index is 11.4. The third-order valence-electron chi connectivity index (χ3n) is 9.24. The molecule has 0 saturated heterocycles. The van der Waals surface area contributed by atoms with Crippen molar-refractivity contribution in [2.75, 3.05) is 0 Å². The molecule has 0 unspecified atom stereocenters. The van der Waals surface area contributed by atoms with Crippen molar-refractivity contribution in [2.24, 2.45) is 29.1 Å². The van der Waals surface area contributed by atoms with Crippen LogP contribution in [0.15, 0.2) is 12.2 Å². The molecule has 4 rings (SSSR count). The van der Waals surface area contributed by atoms with Crippen LogP contribution in [0.25, 0.3) is 0 Å². The summed E-state index contributed by atoms with van der Waals surface area (Å²) in [4.78, 5) is 0. The lowest BCUT2D eigenvalue weighted by molar-refractivity contribution is -0.159. The second kappa shape index (κ2) is 6.44. The van der Waals surface area contributed by atoms with Gasteiger partial charge in [-0.05, 0) is 72.4 Å². The zero-order valence-electron chi connectivity index (χ0n) is 18.7. The fraction of sp³-hybridized carbons (Fsp3) is 0.917. The standard InChI is InChI=1S/C24H42O2Si/c1-15(2)27(16(3)4,17(5)6)26-21-18-9-8-10-19(21)22-23(7,25)12-11-20(18)24(22)13-14-24/h11-12,15-22,25H,8-10,13-14H2,1-7H3/t18-,19-,20-,21-,22-,23-/m0/s1. The molecule has 6 atom stereocenters. The molecule has 27 heavy (non-hydrogen) atoms. The van der Waals surface area contributed by atoms with Gasteiger partial charge in [0.25, 0.3) is 0 Å². The number of fused-ring (bicyclic) bond motifs is 4. The van der Waals surface area contributed by atoms with Crippen LogP contribution in [0.4, 0.5) is 0 Å². The molecule has 0 amide bonds. The van der Waals surface area contributed by atoms with Crippen molar-refractivity contribution in [3.8, 4) is 0 Å². The van der Waals surface area contributed by atoms with Crippen LogP contribution in [-0.2, 0) is 4.43 Å². The molecule has 2 nitrogen and oxygen atoms in total. The average Bonchev–Trinajstić information content (AvgIpc) is 3.31. The first-order valence-corrected chi connectivity index (χ1v) is 13.8. The summed E-state index contributed by atoms with van der Waals surface area (Å²) in [6, 6.07) is 0. The number of rotatable bonds is 5. The van der Waals surface area contributed by atoms with Gasteiger partial charge in [-0.2, -0.15) is 0 Å². The molecule has 0 aromatic rings. The van der Waals surface area contributed by atoms with Crippen molar-refractivity contribution < 1.29 is 9.53 Å². The Morgan fingerprint density at radius 3 is 2.04 bits per heavy atom. The molecule has 0 heterocycles. The zero-order chi connectivity index (χ0) is 19.8. The molecule has 3 fully saturated rings. The van der Waals surface area contributed by atoms with E-state index >= 15 is 0 Å². The van der Waals surface area contributed by atoms with Crippen molar-refractivity contribution in [1.29, 1.82) is 0 Å². The van der Waals surface area contributed by atoms with E-state index in [0.717, 1.165) is 0 Å². The number of hydrogen-bond acceptors (Lipinski definition) is 2. The Kier molecular flexibility index (Phi) is 4.81. The largest absolute Gasteiger partial charge is 0.413 e. The van der Waals surface area contributed by atoms with Crippen molar-refractivity contribution in [3.63, 3.8) is 0 Å². The molecule has 4 bridgehead atoms. The Bertz CT molecular complexity index is 580. The molecule has 0 aliphatic heterocycles. The first kappa shape index (κ1) is 20.2. The minimum absolute atomic E-state index is 0.371. The maximum atomic E-state index is 11.4.